The maximum atomic E-state index is 11.8. The third-order valence-corrected chi connectivity index (χ3v) is 3.17. The third kappa shape index (κ3) is 2.25. The Morgan fingerprint density at radius 1 is 1.50 bits per heavy atom. The van der Waals surface area contributed by atoms with Crippen LogP contribution in [0.1, 0.15) is 12.8 Å². The Hall–Kier alpha value is -0.610. The molecule has 4 heteroatoms. The molecule has 2 unspecified atom stereocenters. The minimum absolute atomic E-state index is 0.223. The predicted molar refractivity (Wildman–Crippen MR) is 55.0 cm³/mol. The molecule has 80 valence electrons. The van der Waals surface area contributed by atoms with Gasteiger partial charge in [0, 0.05) is 19.1 Å². The van der Waals surface area contributed by atoms with Crippen LogP contribution in [-0.2, 0) is 4.79 Å². The van der Waals surface area contributed by atoms with Gasteiger partial charge in [-0.3, -0.25) is 4.79 Å². The Kier molecular flexibility index (Phi) is 3.03. The molecule has 2 aliphatic rings. The van der Waals surface area contributed by atoms with Crippen LogP contribution in [0.5, 0.6) is 0 Å². The van der Waals surface area contributed by atoms with Crippen LogP contribution in [0, 0.1) is 5.92 Å². The maximum Gasteiger partial charge on any atom is 0.224 e. The summed E-state index contributed by atoms with van der Waals surface area (Å²) in [6.07, 6.45) is 2.09. The van der Waals surface area contributed by atoms with Crippen molar-refractivity contribution in [3.05, 3.63) is 0 Å². The third-order valence-electron chi connectivity index (χ3n) is 3.17. The van der Waals surface area contributed by atoms with Crippen molar-refractivity contribution < 1.29 is 4.79 Å². The second kappa shape index (κ2) is 4.28. The van der Waals surface area contributed by atoms with E-state index in [9.17, 15) is 4.79 Å². The Labute approximate surface area is 85.0 Å². The minimum atomic E-state index is 0.223. The quantitative estimate of drug-likeness (QED) is 0.622. The number of amides is 1. The first-order chi connectivity index (χ1) is 6.75. The molecule has 0 bridgehead atoms. The Bertz CT molecular complexity index is 213. The van der Waals surface area contributed by atoms with Gasteiger partial charge in [-0.1, -0.05) is 0 Å². The van der Waals surface area contributed by atoms with E-state index in [2.05, 4.69) is 22.6 Å². The van der Waals surface area contributed by atoms with E-state index >= 15 is 0 Å². The van der Waals surface area contributed by atoms with E-state index in [1.807, 2.05) is 0 Å². The molecule has 1 amide bonds. The van der Waals surface area contributed by atoms with E-state index < -0.39 is 0 Å². The lowest BCUT2D eigenvalue weighted by Gasteiger charge is -2.15. The fraction of sp³-hybridized carbons (Fsp3) is 0.900. The van der Waals surface area contributed by atoms with Crippen LogP contribution in [0.15, 0.2) is 0 Å². The molecule has 2 heterocycles. The van der Waals surface area contributed by atoms with Crippen molar-refractivity contribution in [1.29, 1.82) is 0 Å². The Morgan fingerprint density at radius 3 is 2.93 bits per heavy atom. The molecule has 14 heavy (non-hydrogen) atoms. The summed E-state index contributed by atoms with van der Waals surface area (Å²) in [6.45, 7) is 3.96. The summed E-state index contributed by atoms with van der Waals surface area (Å²) in [5, 5.41) is 6.37. The van der Waals surface area contributed by atoms with Crippen LogP contribution < -0.4 is 10.6 Å². The molecule has 2 N–H and O–H groups in total. The summed E-state index contributed by atoms with van der Waals surface area (Å²) in [4.78, 5) is 14.0. The molecule has 0 aromatic rings. The summed E-state index contributed by atoms with van der Waals surface area (Å²) in [7, 11) is 2.07. The lowest BCUT2D eigenvalue weighted by molar-refractivity contribution is -0.125. The number of likely N-dealkylation sites (tertiary alicyclic amines) is 1. The van der Waals surface area contributed by atoms with Crippen LogP contribution >= 0.6 is 0 Å². The van der Waals surface area contributed by atoms with Gasteiger partial charge in [0.1, 0.15) is 0 Å². The van der Waals surface area contributed by atoms with E-state index in [1.165, 1.54) is 0 Å². The standard InChI is InChI=1S/C10H19N3O/c1-13-5-3-8(7-13)10(14)12-9-2-4-11-6-9/h8-9,11H,2-7H2,1H3,(H,12,14). The molecule has 0 spiro atoms. The van der Waals surface area contributed by atoms with Crippen molar-refractivity contribution in [1.82, 2.24) is 15.5 Å². The molecule has 2 fully saturated rings. The highest BCUT2D eigenvalue weighted by atomic mass is 16.2. The van der Waals surface area contributed by atoms with Gasteiger partial charge in [0.05, 0.1) is 5.92 Å². The summed E-state index contributed by atoms with van der Waals surface area (Å²) in [5.74, 6) is 0.476. The number of carbonyl (C=O) groups excluding carboxylic acids is 1. The molecular weight excluding hydrogens is 178 g/mol. The maximum absolute atomic E-state index is 11.8. The fourth-order valence-electron chi connectivity index (χ4n) is 2.25. The average molecular weight is 197 g/mol. The lowest BCUT2D eigenvalue weighted by Crippen LogP contribution is -2.40. The van der Waals surface area contributed by atoms with E-state index in [0.717, 1.165) is 39.0 Å². The molecule has 2 aliphatic heterocycles. The summed E-state index contributed by atoms with van der Waals surface area (Å²) in [5.41, 5.74) is 0. The first-order valence-corrected chi connectivity index (χ1v) is 5.45. The summed E-state index contributed by atoms with van der Waals surface area (Å²) >= 11 is 0. The molecule has 2 rings (SSSR count). The molecule has 0 aliphatic carbocycles. The topological polar surface area (TPSA) is 44.4 Å². The van der Waals surface area contributed by atoms with Crippen LogP contribution in [0.25, 0.3) is 0 Å². The van der Waals surface area contributed by atoms with Gasteiger partial charge in [-0.05, 0) is 33.0 Å². The SMILES string of the molecule is CN1CCC(C(=O)NC2CCNC2)C1. The monoisotopic (exact) mass is 197 g/mol. The summed E-state index contributed by atoms with van der Waals surface area (Å²) in [6, 6.07) is 0.369. The van der Waals surface area contributed by atoms with Gasteiger partial charge in [-0.25, -0.2) is 0 Å². The van der Waals surface area contributed by atoms with Crippen molar-refractivity contribution >= 4 is 5.91 Å². The highest BCUT2D eigenvalue weighted by Gasteiger charge is 2.28. The van der Waals surface area contributed by atoms with Gasteiger partial charge >= 0.3 is 0 Å². The van der Waals surface area contributed by atoms with Crippen molar-refractivity contribution in [3.8, 4) is 0 Å². The summed E-state index contributed by atoms with van der Waals surface area (Å²) < 4.78 is 0. The van der Waals surface area contributed by atoms with Crippen molar-refractivity contribution in [2.24, 2.45) is 5.92 Å². The molecule has 0 aromatic carbocycles. The van der Waals surface area contributed by atoms with Crippen molar-refractivity contribution in [3.63, 3.8) is 0 Å². The van der Waals surface area contributed by atoms with Gasteiger partial charge in [0.2, 0.25) is 5.91 Å². The average Bonchev–Trinajstić information content (AvgIpc) is 2.75. The molecule has 0 radical (unpaired) electrons. The fourth-order valence-corrected chi connectivity index (χ4v) is 2.25. The van der Waals surface area contributed by atoms with E-state index in [0.29, 0.717) is 6.04 Å². The number of hydrogen-bond acceptors (Lipinski definition) is 3. The molecule has 0 saturated carbocycles. The Morgan fingerprint density at radius 2 is 2.36 bits per heavy atom. The number of carbonyl (C=O) groups is 1. The van der Waals surface area contributed by atoms with Gasteiger partial charge in [-0.15, -0.1) is 0 Å². The van der Waals surface area contributed by atoms with Crippen LogP contribution in [-0.4, -0.2) is 50.1 Å². The van der Waals surface area contributed by atoms with E-state index in [1.54, 1.807) is 0 Å². The van der Waals surface area contributed by atoms with Crippen molar-refractivity contribution in [2.45, 2.75) is 18.9 Å². The van der Waals surface area contributed by atoms with Gasteiger partial charge in [-0.2, -0.15) is 0 Å². The molecule has 4 nitrogen and oxygen atoms in total. The molecule has 2 atom stereocenters. The van der Waals surface area contributed by atoms with Crippen LogP contribution in [0.4, 0.5) is 0 Å². The number of nitrogens with one attached hydrogen (secondary N) is 2. The predicted octanol–water partition coefficient (Wildman–Crippen LogP) is -0.584. The van der Waals surface area contributed by atoms with Gasteiger partial charge < -0.3 is 15.5 Å². The minimum Gasteiger partial charge on any atom is -0.352 e. The smallest absolute Gasteiger partial charge is 0.224 e. The first kappa shape index (κ1) is 9.93. The molecular formula is C10H19N3O. The Balaban J connectivity index is 1.77. The second-order valence-corrected chi connectivity index (χ2v) is 4.45. The van der Waals surface area contributed by atoms with E-state index in [4.69, 9.17) is 0 Å². The van der Waals surface area contributed by atoms with Crippen LogP contribution in [0.3, 0.4) is 0 Å². The highest BCUT2D eigenvalue weighted by Crippen LogP contribution is 2.14. The zero-order chi connectivity index (χ0) is 9.97. The largest absolute Gasteiger partial charge is 0.352 e. The first-order valence-electron chi connectivity index (χ1n) is 5.45. The lowest BCUT2D eigenvalue weighted by atomic mass is 10.1. The molecule has 2 saturated heterocycles. The van der Waals surface area contributed by atoms with Crippen molar-refractivity contribution in [2.75, 3.05) is 33.2 Å². The number of hydrogen-bond donors (Lipinski definition) is 2. The molecule has 0 aromatic heterocycles. The van der Waals surface area contributed by atoms with Gasteiger partial charge in [0.15, 0.2) is 0 Å². The van der Waals surface area contributed by atoms with Crippen LogP contribution in [0.2, 0.25) is 0 Å². The zero-order valence-corrected chi connectivity index (χ0v) is 8.75. The zero-order valence-electron chi connectivity index (χ0n) is 8.75. The number of rotatable bonds is 2. The second-order valence-electron chi connectivity index (χ2n) is 4.45. The highest BCUT2D eigenvalue weighted by molar-refractivity contribution is 5.79. The van der Waals surface area contributed by atoms with Gasteiger partial charge in [0.25, 0.3) is 0 Å². The van der Waals surface area contributed by atoms with E-state index in [-0.39, 0.29) is 11.8 Å². The normalized spacial score (nSPS) is 33.5. The number of nitrogens with zero attached hydrogens (tertiary/aromatic N) is 1.